The fraction of sp³-hybridized carbons (Fsp3) is 0.300. The summed E-state index contributed by atoms with van der Waals surface area (Å²) in [6, 6.07) is 12.7. The number of rotatable bonds is 5. The summed E-state index contributed by atoms with van der Waals surface area (Å²) in [6.45, 7) is 5.10. The Morgan fingerprint density at radius 3 is 2.42 bits per heavy atom. The van der Waals surface area contributed by atoms with Gasteiger partial charge in [0.25, 0.3) is 0 Å². The van der Waals surface area contributed by atoms with Crippen LogP contribution in [0.5, 0.6) is 11.5 Å². The molecule has 0 aliphatic carbocycles. The molecule has 0 aromatic heterocycles. The van der Waals surface area contributed by atoms with Crippen molar-refractivity contribution in [2.75, 3.05) is 23.8 Å². The molecule has 2 aromatic rings. The molecule has 3 rings (SSSR count). The van der Waals surface area contributed by atoms with Crippen LogP contribution in [0.15, 0.2) is 42.5 Å². The van der Waals surface area contributed by atoms with E-state index in [0.29, 0.717) is 30.4 Å². The maximum atomic E-state index is 12.2. The Morgan fingerprint density at radius 2 is 1.65 bits per heavy atom. The summed E-state index contributed by atoms with van der Waals surface area (Å²) in [6.07, 6.45) is -0.263. The minimum atomic E-state index is -0.388. The van der Waals surface area contributed by atoms with Gasteiger partial charge >= 0.3 is 0 Å². The minimum Gasteiger partial charge on any atom is -0.486 e. The molecule has 1 heterocycles. The fourth-order valence-electron chi connectivity index (χ4n) is 2.78. The molecule has 0 bridgehead atoms. The van der Waals surface area contributed by atoms with Crippen molar-refractivity contribution in [2.24, 2.45) is 0 Å². The summed E-state index contributed by atoms with van der Waals surface area (Å²) in [5.41, 5.74) is 2.34. The van der Waals surface area contributed by atoms with E-state index in [9.17, 15) is 9.59 Å². The summed E-state index contributed by atoms with van der Waals surface area (Å²) in [7, 11) is 0. The molecule has 1 aliphatic rings. The second-order valence-electron chi connectivity index (χ2n) is 6.37. The largest absolute Gasteiger partial charge is 0.486 e. The lowest BCUT2D eigenvalue weighted by Gasteiger charge is -2.19. The summed E-state index contributed by atoms with van der Waals surface area (Å²) in [5, 5.41) is 5.52. The highest BCUT2D eigenvalue weighted by Crippen LogP contribution is 2.32. The van der Waals surface area contributed by atoms with Crippen LogP contribution in [0.25, 0.3) is 0 Å². The lowest BCUT2D eigenvalue weighted by Crippen LogP contribution is -2.22. The quantitative estimate of drug-likeness (QED) is 0.805. The number of hydrogen-bond donors (Lipinski definition) is 2. The van der Waals surface area contributed by atoms with Crippen LogP contribution in [0.4, 0.5) is 11.4 Å². The Bertz CT molecular complexity index is 817. The zero-order valence-corrected chi connectivity index (χ0v) is 14.9. The predicted molar refractivity (Wildman–Crippen MR) is 99.8 cm³/mol. The lowest BCUT2D eigenvalue weighted by molar-refractivity contribution is -0.123. The fourth-order valence-corrected chi connectivity index (χ4v) is 2.78. The average Bonchev–Trinajstić information content (AvgIpc) is 2.61. The van der Waals surface area contributed by atoms with Gasteiger partial charge in [0.05, 0.1) is 0 Å². The smallest absolute Gasteiger partial charge is 0.233 e. The van der Waals surface area contributed by atoms with E-state index in [0.717, 1.165) is 11.3 Å². The summed E-state index contributed by atoms with van der Waals surface area (Å²) >= 11 is 0. The SMILES string of the molecule is CC(C)c1ccccc1NC(=O)CC(=O)Nc1ccc2c(c1)OCCO2. The van der Waals surface area contributed by atoms with E-state index in [-0.39, 0.29) is 24.2 Å². The lowest BCUT2D eigenvalue weighted by atomic mass is 10.0. The van der Waals surface area contributed by atoms with Crippen LogP contribution in [-0.4, -0.2) is 25.0 Å². The first kappa shape index (κ1) is 17.8. The Balaban J connectivity index is 1.59. The number of amides is 2. The van der Waals surface area contributed by atoms with Crippen molar-refractivity contribution in [1.29, 1.82) is 0 Å². The molecule has 6 nitrogen and oxygen atoms in total. The number of benzene rings is 2. The predicted octanol–water partition coefficient (Wildman–Crippen LogP) is 3.55. The monoisotopic (exact) mass is 354 g/mol. The molecule has 26 heavy (non-hydrogen) atoms. The third kappa shape index (κ3) is 4.33. The maximum absolute atomic E-state index is 12.2. The van der Waals surface area contributed by atoms with Gasteiger partial charge in [0.2, 0.25) is 11.8 Å². The Morgan fingerprint density at radius 1 is 0.962 bits per heavy atom. The molecule has 0 saturated carbocycles. The second kappa shape index (κ2) is 7.91. The van der Waals surface area contributed by atoms with Gasteiger partial charge in [-0.25, -0.2) is 0 Å². The molecule has 0 unspecified atom stereocenters. The van der Waals surface area contributed by atoms with Gasteiger partial charge < -0.3 is 20.1 Å². The van der Waals surface area contributed by atoms with Crippen LogP contribution in [-0.2, 0) is 9.59 Å². The van der Waals surface area contributed by atoms with Crippen molar-refractivity contribution in [3.8, 4) is 11.5 Å². The van der Waals surface area contributed by atoms with Crippen molar-refractivity contribution >= 4 is 23.2 Å². The minimum absolute atomic E-state index is 0.263. The maximum Gasteiger partial charge on any atom is 0.233 e. The molecule has 0 radical (unpaired) electrons. The van der Waals surface area contributed by atoms with Crippen molar-refractivity contribution < 1.29 is 19.1 Å². The van der Waals surface area contributed by atoms with Gasteiger partial charge in [0.1, 0.15) is 19.6 Å². The van der Waals surface area contributed by atoms with Crippen LogP contribution < -0.4 is 20.1 Å². The first-order chi connectivity index (χ1) is 12.5. The molecule has 1 aliphatic heterocycles. The molecular formula is C20H22N2O4. The van der Waals surface area contributed by atoms with Crippen molar-refractivity contribution in [3.63, 3.8) is 0 Å². The van der Waals surface area contributed by atoms with E-state index in [1.165, 1.54) is 0 Å². The topological polar surface area (TPSA) is 76.7 Å². The number of carbonyl (C=O) groups is 2. The number of carbonyl (C=O) groups excluding carboxylic acids is 2. The van der Waals surface area contributed by atoms with E-state index < -0.39 is 0 Å². The molecule has 6 heteroatoms. The van der Waals surface area contributed by atoms with Gasteiger partial charge in [-0.2, -0.15) is 0 Å². The Labute approximate surface area is 152 Å². The van der Waals surface area contributed by atoms with E-state index in [1.54, 1.807) is 18.2 Å². The van der Waals surface area contributed by atoms with Crippen LogP contribution in [0.1, 0.15) is 31.7 Å². The van der Waals surface area contributed by atoms with Gasteiger partial charge in [0, 0.05) is 17.4 Å². The first-order valence-electron chi connectivity index (χ1n) is 8.61. The van der Waals surface area contributed by atoms with Crippen molar-refractivity contribution in [1.82, 2.24) is 0 Å². The van der Waals surface area contributed by atoms with Gasteiger partial charge in [0.15, 0.2) is 11.5 Å². The van der Waals surface area contributed by atoms with Crippen LogP contribution >= 0.6 is 0 Å². The molecule has 136 valence electrons. The van der Waals surface area contributed by atoms with E-state index in [1.807, 2.05) is 24.3 Å². The van der Waals surface area contributed by atoms with Crippen molar-refractivity contribution in [2.45, 2.75) is 26.2 Å². The highest BCUT2D eigenvalue weighted by Gasteiger charge is 2.15. The van der Waals surface area contributed by atoms with Gasteiger partial charge in [-0.05, 0) is 29.7 Å². The van der Waals surface area contributed by atoms with E-state index >= 15 is 0 Å². The van der Waals surface area contributed by atoms with Crippen LogP contribution in [0, 0.1) is 0 Å². The highest BCUT2D eigenvalue weighted by molar-refractivity contribution is 6.08. The van der Waals surface area contributed by atoms with Crippen molar-refractivity contribution in [3.05, 3.63) is 48.0 Å². The summed E-state index contributed by atoms with van der Waals surface area (Å²) in [4.78, 5) is 24.4. The normalized spacial score (nSPS) is 12.6. The van der Waals surface area contributed by atoms with E-state index in [2.05, 4.69) is 24.5 Å². The van der Waals surface area contributed by atoms with E-state index in [4.69, 9.17) is 9.47 Å². The molecule has 2 N–H and O–H groups in total. The summed E-state index contributed by atoms with van der Waals surface area (Å²) < 4.78 is 10.9. The molecule has 2 aromatic carbocycles. The molecule has 0 atom stereocenters. The first-order valence-corrected chi connectivity index (χ1v) is 8.61. The van der Waals surface area contributed by atoms with Gasteiger partial charge in [-0.1, -0.05) is 32.0 Å². The number of nitrogens with one attached hydrogen (secondary N) is 2. The molecule has 0 fully saturated rings. The molecule has 2 amide bonds. The molecular weight excluding hydrogens is 332 g/mol. The summed E-state index contributed by atoms with van der Waals surface area (Å²) in [5.74, 6) is 0.772. The standard InChI is InChI=1S/C20H22N2O4/c1-13(2)15-5-3-4-6-16(15)22-20(24)12-19(23)21-14-7-8-17-18(11-14)26-10-9-25-17/h3-8,11,13H,9-10,12H2,1-2H3,(H,21,23)(H,22,24). The van der Waals surface area contributed by atoms with Gasteiger partial charge in [-0.3, -0.25) is 9.59 Å². The Hall–Kier alpha value is -3.02. The number of hydrogen-bond acceptors (Lipinski definition) is 4. The third-order valence-electron chi connectivity index (χ3n) is 4.00. The van der Waals surface area contributed by atoms with Crippen LogP contribution in [0.2, 0.25) is 0 Å². The number of ether oxygens (including phenoxy) is 2. The second-order valence-corrected chi connectivity index (χ2v) is 6.37. The Kier molecular flexibility index (Phi) is 5.41. The van der Waals surface area contributed by atoms with Crippen LogP contribution in [0.3, 0.4) is 0 Å². The molecule has 0 spiro atoms. The molecule has 0 saturated heterocycles. The zero-order chi connectivity index (χ0) is 18.5. The average molecular weight is 354 g/mol. The highest BCUT2D eigenvalue weighted by atomic mass is 16.6. The zero-order valence-electron chi connectivity index (χ0n) is 14.9. The number of anilines is 2. The number of fused-ring (bicyclic) bond motifs is 1. The number of para-hydroxylation sites is 1. The third-order valence-corrected chi connectivity index (χ3v) is 4.00. The van der Waals surface area contributed by atoms with Gasteiger partial charge in [-0.15, -0.1) is 0 Å².